The van der Waals surface area contributed by atoms with Gasteiger partial charge in [-0.15, -0.1) is 0 Å². The normalized spacial score (nSPS) is 20.4. The molecule has 1 fully saturated rings. The van der Waals surface area contributed by atoms with Crippen molar-refractivity contribution in [3.8, 4) is 0 Å². The highest BCUT2D eigenvalue weighted by atomic mass is 32.2. The summed E-state index contributed by atoms with van der Waals surface area (Å²) in [6.45, 7) is 19.0. The first-order chi connectivity index (χ1) is 15.6. The summed E-state index contributed by atoms with van der Waals surface area (Å²) in [6, 6.07) is 4.64. The molecule has 0 spiro atoms. The zero-order valence-electron chi connectivity index (χ0n) is 22.9. The molecule has 0 heterocycles. The maximum Gasteiger partial charge on any atom is 0.153 e. The van der Waals surface area contributed by atoms with Crippen molar-refractivity contribution >= 4 is 15.6 Å². The van der Waals surface area contributed by atoms with Gasteiger partial charge in [-0.3, -0.25) is 4.79 Å². The quantitative estimate of drug-likeness (QED) is 0.324. The van der Waals surface area contributed by atoms with E-state index in [0.717, 1.165) is 18.4 Å². The molecule has 0 unspecified atom stereocenters. The zero-order valence-corrected chi connectivity index (χ0v) is 23.8. The molecule has 1 aromatic rings. The minimum atomic E-state index is -3.21. The monoisotopic (exact) mass is 490 g/mol. The van der Waals surface area contributed by atoms with Crippen LogP contribution in [0, 0.1) is 5.92 Å². The third-order valence-electron chi connectivity index (χ3n) is 7.27. The van der Waals surface area contributed by atoms with Crippen molar-refractivity contribution in [1.82, 2.24) is 0 Å². The lowest BCUT2D eigenvalue weighted by Crippen LogP contribution is -2.31. The summed E-state index contributed by atoms with van der Waals surface area (Å²) in [5, 5.41) is -0.617. The van der Waals surface area contributed by atoms with E-state index < -0.39 is 21.2 Å². The fourth-order valence-corrected chi connectivity index (χ4v) is 5.50. The average molecular weight is 491 g/mol. The molecule has 1 aliphatic carbocycles. The van der Waals surface area contributed by atoms with Crippen LogP contribution in [0.2, 0.25) is 0 Å². The van der Waals surface area contributed by atoms with E-state index in [4.69, 9.17) is 4.74 Å². The van der Waals surface area contributed by atoms with Gasteiger partial charge in [-0.05, 0) is 79.2 Å². The Morgan fingerprint density at radius 3 is 1.88 bits per heavy atom. The maximum atomic E-state index is 12.8. The van der Waals surface area contributed by atoms with E-state index in [2.05, 4.69) is 60.6 Å². The van der Waals surface area contributed by atoms with Crippen LogP contribution < -0.4 is 0 Å². The summed E-state index contributed by atoms with van der Waals surface area (Å²) in [7, 11) is -3.21. The predicted molar refractivity (Wildman–Crippen MR) is 142 cm³/mol. The van der Waals surface area contributed by atoms with Gasteiger partial charge >= 0.3 is 0 Å². The second kappa shape index (κ2) is 11.5. The highest BCUT2D eigenvalue weighted by molar-refractivity contribution is 7.91. The Labute approximate surface area is 208 Å². The third-order valence-corrected chi connectivity index (χ3v) is 8.76. The molecule has 4 atom stereocenters. The number of Topliss-reactive ketones (excluding diaryl/α,β-unsaturated/α-hetero) is 1. The summed E-state index contributed by atoms with van der Waals surface area (Å²) in [5.41, 5.74) is 5.98. The van der Waals surface area contributed by atoms with Gasteiger partial charge in [0.2, 0.25) is 0 Å². The van der Waals surface area contributed by atoms with Gasteiger partial charge in [0.1, 0.15) is 5.78 Å². The Bertz CT molecular complexity index is 972. The molecule has 0 N–H and O–H groups in total. The highest BCUT2D eigenvalue weighted by Crippen LogP contribution is 2.40. The average Bonchev–Trinajstić information content (AvgIpc) is 3.15. The minimum absolute atomic E-state index is 0.216. The fraction of sp³-hybridized carbons (Fsp3) is 0.690. The van der Waals surface area contributed by atoms with Gasteiger partial charge < -0.3 is 4.74 Å². The first-order valence-electron chi connectivity index (χ1n) is 12.9. The number of ether oxygens (including phenoxy) is 1. The molecule has 1 saturated carbocycles. The van der Waals surface area contributed by atoms with Gasteiger partial charge in [-0.2, -0.15) is 0 Å². The molecular formula is C29H46O4S. The number of hydrogen-bond acceptors (Lipinski definition) is 4. The number of carbonyl (C=O) groups is 1. The third kappa shape index (κ3) is 6.81. The summed E-state index contributed by atoms with van der Waals surface area (Å²) >= 11 is 0. The van der Waals surface area contributed by atoms with Crippen LogP contribution in [-0.4, -0.2) is 31.8 Å². The van der Waals surface area contributed by atoms with E-state index in [1.54, 1.807) is 13.0 Å². The Kier molecular flexibility index (Phi) is 9.75. The number of sulfone groups is 1. The van der Waals surface area contributed by atoms with Crippen molar-refractivity contribution in [3.63, 3.8) is 0 Å². The standard InChI is InChI=1S/C29H46O4S/c1-17(2)23-15-25(18(3)4)28(26(16-23)19(5)6)22(9)33-29(24-12-11-13-27(24)30)20(7)14-21(8)34(10,31)32/h14-19,21-22,24,29H,11-13H2,1-10H3/b20-14-/t21-,22+,24-,29-/m0/s1. The molecule has 2 rings (SSSR count). The largest absolute Gasteiger partial charge is 0.365 e. The van der Waals surface area contributed by atoms with Crippen LogP contribution in [0.1, 0.15) is 128 Å². The summed E-state index contributed by atoms with van der Waals surface area (Å²) < 4.78 is 30.9. The molecule has 1 aliphatic rings. The number of hydrogen-bond donors (Lipinski definition) is 0. The molecule has 0 bridgehead atoms. The van der Waals surface area contributed by atoms with Crippen molar-refractivity contribution in [2.24, 2.45) is 5.92 Å². The van der Waals surface area contributed by atoms with E-state index in [-0.39, 0.29) is 17.8 Å². The van der Waals surface area contributed by atoms with Gasteiger partial charge in [0.15, 0.2) is 9.84 Å². The van der Waals surface area contributed by atoms with E-state index in [1.807, 2.05) is 6.92 Å². The molecule has 4 nitrogen and oxygen atoms in total. The van der Waals surface area contributed by atoms with Gasteiger partial charge in [0, 0.05) is 18.6 Å². The van der Waals surface area contributed by atoms with Crippen LogP contribution in [0.5, 0.6) is 0 Å². The van der Waals surface area contributed by atoms with Crippen LogP contribution >= 0.6 is 0 Å². The Balaban J connectivity index is 2.58. The van der Waals surface area contributed by atoms with Crippen molar-refractivity contribution < 1.29 is 17.9 Å². The number of benzene rings is 1. The molecular weight excluding hydrogens is 444 g/mol. The topological polar surface area (TPSA) is 60.4 Å². The van der Waals surface area contributed by atoms with Crippen LogP contribution in [0.3, 0.4) is 0 Å². The fourth-order valence-electron chi connectivity index (χ4n) is 5.04. The van der Waals surface area contributed by atoms with Crippen molar-refractivity contribution in [1.29, 1.82) is 0 Å². The smallest absolute Gasteiger partial charge is 0.153 e. The lowest BCUT2D eigenvalue weighted by Gasteiger charge is -2.32. The van der Waals surface area contributed by atoms with E-state index in [0.29, 0.717) is 24.2 Å². The van der Waals surface area contributed by atoms with Gasteiger partial charge in [-0.25, -0.2) is 8.42 Å². The summed E-state index contributed by atoms with van der Waals surface area (Å²) in [4.78, 5) is 12.8. The Hall–Kier alpha value is -1.46. The Morgan fingerprint density at radius 1 is 0.971 bits per heavy atom. The molecule has 0 radical (unpaired) electrons. The van der Waals surface area contributed by atoms with E-state index in [1.165, 1.54) is 28.5 Å². The minimum Gasteiger partial charge on any atom is -0.365 e. The summed E-state index contributed by atoms with van der Waals surface area (Å²) in [6.07, 6.45) is 4.61. The molecule has 5 heteroatoms. The molecule has 0 aliphatic heterocycles. The highest BCUT2D eigenvalue weighted by Gasteiger charge is 2.36. The van der Waals surface area contributed by atoms with Crippen LogP contribution in [0.25, 0.3) is 0 Å². The summed E-state index contributed by atoms with van der Waals surface area (Å²) in [5.74, 6) is 1.12. The van der Waals surface area contributed by atoms with Gasteiger partial charge in [0.25, 0.3) is 0 Å². The first kappa shape index (κ1) is 28.8. The van der Waals surface area contributed by atoms with E-state index in [9.17, 15) is 13.2 Å². The lowest BCUT2D eigenvalue weighted by molar-refractivity contribution is -0.125. The van der Waals surface area contributed by atoms with E-state index >= 15 is 0 Å². The second-order valence-corrected chi connectivity index (χ2v) is 13.6. The van der Waals surface area contributed by atoms with Gasteiger partial charge in [0.05, 0.1) is 17.5 Å². The molecule has 0 amide bonds. The SMILES string of the molecule is C/C(=C/[C@H](C)S(C)(=O)=O)[C@H](O[C@H](C)c1c(C(C)C)cc(C(C)C)cc1C(C)C)[C@H]1CCCC1=O. The molecule has 0 aromatic heterocycles. The van der Waals surface area contributed by atoms with Crippen molar-refractivity contribution in [2.45, 2.75) is 117 Å². The predicted octanol–water partition coefficient (Wildman–Crippen LogP) is 7.25. The molecule has 192 valence electrons. The van der Waals surface area contributed by atoms with Gasteiger partial charge in [-0.1, -0.05) is 59.8 Å². The Morgan fingerprint density at radius 2 is 1.50 bits per heavy atom. The van der Waals surface area contributed by atoms with Crippen molar-refractivity contribution in [2.75, 3.05) is 6.26 Å². The number of ketones is 1. The maximum absolute atomic E-state index is 12.8. The first-order valence-corrected chi connectivity index (χ1v) is 14.8. The molecule has 0 saturated heterocycles. The molecule has 34 heavy (non-hydrogen) atoms. The zero-order chi connectivity index (χ0) is 26.0. The van der Waals surface area contributed by atoms with Crippen LogP contribution in [-0.2, 0) is 19.4 Å². The number of rotatable bonds is 10. The second-order valence-electron chi connectivity index (χ2n) is 11.2. The van der Waals surface area contributed by atoms with Crippen molar-refractivity contribution in [3.05, 3.63) is 46.0 Å². The molecule has 1 aromatic carbocycles. The lowest BCUT2D eigenvalue weighted by atomic mass is 9.82. The van der Waals surface area contributed by atoms with Crippen LogP contribution in [0.15, 0.2) is 23.8 Å². The van der Waals surface area contributed by atoms with Crippen LogP contribution in [0.4, 0.5) is 0 Å². The number of carbonyl (C=O) groups excluding carboxylic acids is 1.